The SMILES string of the molecule is CCCCCC(/C=[CH]/[Al-](/[CH]=C/C(CCCCC)OC(c1ccccc1)(c1ccccc1)c1ccc(OC)cc1)([CH2]C)[CH2]C)OC(c1ccccc1)(c1ccccc1)c1ccc(OC)cc1.[Li+]. The Hall–Kier alpha value is -4.55. The van der Waals surface area contributed by atoms with Crippen molar-refractivity contribution in [3.63, 3.8) is 0 Å². The Kier molecular flexibility index (Phi) is 21.2. The van der Waals surface area contributed by atoms with Crippen LogP contribution in [0.2, 0.25) is 10.6 Å². The Morgan fingerprint density at radius 1 is 0.409 bits per heavy atom. The fourth-order valence-corrected chi connectivity index (χ4v) is 12.5. The smallest absolute Gasteiger partial charge is 0.497 e. The molecule has 2 atom stereocenters. The monoisotopic (exact) mass is 891 g/mol. The number of rotatable bonds is 26. The van der Waals surface area contributed by atoms with Crippen molar-refractivity contribution in [2.24, 2.45) is 0 Å². The van der Waals surface area contributed by atoms with Crippen LogP contribution in [0.25, 0.3) is 0 Å². The number of hydrogen-bond acceptors (Lipinski definition) is 4. The van der Waals surface area contributed by atoms with Crippen LogP contribution in [0.1, 0.15) is 112 Å². The van der Waals surface area contributed by atoms with E-state index < -0.39 is 24.3 Å². The molecule has 0 radical (unpaired) electrons. The first-order chi connectivity index (χ1) is 31.9. The Bertz CT molecular complexity index is 2050. The Morgan fingerprint density at radius 2 is 0.697 bits per heavy atom. The minimum absolute atomic E-state index is 0. The molecule has 6 heteroatoms. The van der Waals surface area contributed by atoms with E-state index in [2.05, 4.69) is 220 Å². The normalized spacial score (nSPS) is 13.1. The molecular weight excluding hydrogens is 819 g/mol. The van der Waals surface area contributed by atoms with Gasteiger partial charge in [0.05, 0.1) is 26.4 Å². The van der Waals surface area contributed by atoms with Crippen LogP contribution in [0.4, 0.5) is 0 Å². The fraction of sp³-hybridized carbons (Fsp3) is 0.333. The summed E-state index contributed by atoms with van der Waals surface area (Å²) in [6.07, 6.45) is 13.2. The summed E-state index contributed by atoms with van der Waals surface area (Å²) < 4.78 is 26.8. The van der Waals surface area contributed by atoms with E-state index in [9.17, 15) is 0 Å². The van der Waals surface area contributed by atoms with E-state index in [0.29, 0.717) is 0 Å². The molecule has 0 saturated heterocycles. The van der Waals surface area contributed by atoms with Crippen molar-refractivity contribution >= 4 is 13.1 Å². The molecule has 2 unspecified atom stereocenters. The van der Waals surface area contributed by atoms with Gasteiger partial charge in [-0.25, -0.2) is 0 Å². The molecule has 0 spiro atoms. The molecule has 6 aromatic rings. The van der Waals surface area contributed by atoms with Gasteiger partial charge in [-0.05, 0) is 70.5 Å². The summed E-state index contributed by atoms with van der Waals surface area (Å²) in [5.74, 6) is 1.65. The number of methoxy groups -OCH3 is 2. The van der Waals surface area contributed by atoms with E-state index in [4.69, 9.17) is 18.9 Å². The molecule has 0 heterocycles. The van der Waals surface area contributed by atoms with Crippen molar-refractivity contribution in [3.8, 4) is 11.5 Å². The summed E-state index contributed by atoms with van der Waals surface area (Å²) in [5, 5.41) is 2.20. The summed E-state index contributed by atoms with van der Waals surface area (Å²) >= 11 is -2.56. The van der Waals surface area contributed by atoms with E-state index >= 15 is 0 Å². The summed E-state index contributed by atoms with van der Waals surface area (Å²) in [4.78, 5) is 5.23. The van der Waals surface area contributed by atoms with Gasteiger partial charge in [0.25, 0.3) is 0 Å². The summed E-state index contributed by atoms with van der Waals surface area (Å²) in [5.41, 5.74) is 4.86. The predicted octanol–water partition coefficient (Wildman–Crippen LogP) is 12.6. The van der Waals surface area contributed by atoms with Crippen molar-refractivity contribution in [1.29, 1.82) is 0 Å². The van der Waals surface area contributed by atoms with E-state index in [1.54, 1.807) is 14.2 Å². The molecule has 0 amide bonds. The molecule has 0 aliphatic heterocycles. The van der Waals surface area contributed by atoms with Gasteiger partial charge < -0.3 is 18.9 Å². The van der Waals surface area contributed by atoms with Crippen molar-refractivity contribution in [2.45, 2.75) is 113 Å². The van der Waals surface area contributed by atoms with Crippen molar-refractivity contribution < 1.29 is 37.8 Å². The molecule has 4 nitrogen and oxygen atoms in total. The maximum atomic E-state index is 7.76. The predicted molar refractivity (Wildman–Crippen MR) is 275 cm³/mol. The molecule has 0 aliphatic carbocycles. The van der Waals surface area contributed by atoms with Crippen LogP contribution in [0, 0.1) is 0 Å². The van der Waals surface area contributed by atoms with Gasteiger partial charge in [-0.1, -0.05) is 198 Å². The Morgan fingerprint density at radius 3 is 0.955 bits per heavy atom. The van der Waals surface area contributed by atoms with Gasteiger partial charge >= 0.3 is 18.9 Å². The molecule has 0 fully saturated rings. The van der Waals surface area contributed by atoms with Crippen LogP contribution in [-0.2, 0) is 20.7 Å². The minimum Gasteiger partial charge on any atom is -0.497 e. The van der Waals surface area contributed by atoms with E-state index in [1.807, 2.05) is 0 Å². The molecule has 0 bridgehead atoms. The molecule has 0 aliphatic rings. The summed E-state index contributed by atoms with van der Waals surface area (Å²) in [7, 11) is 3.44. The first kappa shape index (κ1) is 52.4. The third-order valence-electron chi connectivity index (χ3n) is 13.5. The Balaban J connectivity index is 0.00000817. The van der Waals surface area contributed by atoms with Crippen LogP contribution in [0.3, 0.4) is 0 Å². The third-order valence-corrected chi connectivity index (χ3v) is 18.5. The standard InChI is InChI=1S/2C28H31O2.2C2H5.Al.Li/c2*1-4-6-9-18-26(5-2)30-28(23-14-10-7-11-15-23,24-16-12-8-13-17-24)25-19-21-27(29-3)22-20-25;2*1-2;;/h2*2,5,7-8,10-17,19-22,26H,4,6,9,18H2,1,3H3;2*1H2,2H3;;/q;;;;-1;+1. The van der Waals surface area contributed by atoms with Crippen molar-refractivity contribution in [1.82, 2.24) is 0 Å². The maximum Gasteiger partial charge on any atom is 1.00 e. The number of hydrogen-bond donors (Lipinski definition) is 0. The minimum atomic E-state index is -2.56. The third kappa shape index (κ3) is 12.9. The van der Waals surface area contributed by atoms with Gasteiger partial charge in [-0.15, -0.1) is 26.0 Å². The molecule has 0 aromatic heterocycles. The van der Waals surface area contributed by atoms with E-state index in [1.165, 1.54) is 0 Å². The molecule has 340 valence electrons. The molecule has 0 N–H and O–H groups in total. The van der Waals surface area contributed by atoms with Crippen LogP contribution < -0.4 is 28.3 Å². The van der Waals surface area contributed by atoms with Gasteiger partial charge in [0.15, 0.2) is 13.1 Å². The van der Waals surface area contributed by atoms with E-state index in [-0.39, 0.29) is 31.1 Å². The second-order valence-electron chi connectivity index (χ2n) is 17.6. The van der Waals surface area contributed by atoms with Gasteiger partial charge in [-0.2, -0.15) is 10.6 Å². The van der Waals surface area contributed by atoms with Crippen LogP contribution >= 0.6 is 0 Å². The molecule has 0 saturated carbocycles. The van der Waals surface area contributed by atoms with Crippen molar-refractivity contribution in [2.75, 3.05) is 14.2 Å². The number of ether oxygens (including phenoxy) is 4. The zero-order chi connectivity index (χ0) is 45.8. The van der Waals surface area contributed by atoms with Crippen molar-refractivity contribution in [3.05, 3.63) is 225 Å². The molecule has 66 heavy (non-hydrogen) atoms. The van der Waals surface area contributed by atoms with Gasteiger partial charge in [0.2, 0.25) is 0 Å². The molecule has 6 aromatic carbocycles. The fourth-order valence-electron chi connectivity index (χ4n) is 9.37. The molecule has 6 rings (SSSR count). The average molecular weight is 891 g/mol. The van der Waals surface area contributed by atoms with Gasteiger partial charge in [0, 0.05) is 0 Å². The van der Waals surface area contributed by atoms with Gasteiger partial charge in [0.1, 0.15) is 22.7 Å². The molecular formula is C60H72AlLiO4. The first-order valence-corrected chi connectivity index (χ1v) is 27.3. The first-order valence-electron chi connectivity index (χ1n) is 24.4. The topological polar surface area (TPSA) is 36.9 Å². The van der Waals surface area contributed by atoms with Gasteiger partial charge in [-0.3, -0.25) is 9.88 Å². The number of unbranched alkanes of at least 4 members (excludes halogenated alkanes) is 4. The Labute approximate surface area is 412 Å². The number of benzene rings is 6. The second-order valence-corrected chi connectivity index (χ2v) is 22.8. The summed E-state index contributed by atoms with van der Waals surface area (Å²) in [6, 6.07) is 59.9. The van der Waals surface area contributed by atoms with Crippen LogP contribution in [0.15, 0.2) is 192 Å². The van der Waals surface area contributed by atoms with Crippen LogP contribution in [0.5, 0.6) is 11.5 Å². The van der Waals surface area contributed by atoms with E-state index in [0.717, 1.165) is 107 Å². The second kappa shape index (κ2) is 26.7. The summed E-state index contributed by atoms with van der Waals surface area (Å²) in [6.45, 7) is 9.32. The maximum absolute atomic E-state index is 7.76. The zero-order valence-corrected chi connectivity index (χ0v) is 42.1. The largest absolute Gasteiger partial charge is 1.00 e. The van der Waals surface area contributed by atoms with Crippen LogP contribution in [-0.4, -0.2) is 39.5 Å². The average Bonchev–Trinajstić information content (AvgIpc) is 3.38. The quantitative estimate of drug-likeness (QED) is 0.0309. The zero-order valence-electron chi connectivity index (χ0n) is 40.9.